The average molecular weight is 197 g/mol. The Kier molecular flexibility index (Phi) is 2.93. The van der Waals surface area contributed by atoms with Gasteiger partial charge in [0.25, 0.3) is 0 Å². The van der Waals surface area contributed by atoms with Gasteiger partial charge in [-0.2, -0.15) is 0 Å². The first-order valence-corrected chi connectivity index (χ1v) is 5.62. The smallest absolute Gasteiger partial charge is 0.0795 e. The molecule has 3 nitrogen and oxygen atoms in total. The van der Waals surface area contributed by atoms with E-state index < -0.39 is 0 Å². The summed E-state index contributed by atoms with van der Waals surface area (Å²) in [5.74, 6) is 0.707. The fraction of sp³-hybridized carbons (Fsp3) is 0.667. The van der Waals surface area contributed by atoms with E-state index in [4.69, 9.17) is 5.73 Å². The number of hydrogen-bond acceptors (Lipinski definition) is 4. The van der Waals surface area contributed by atoms with Crippen LogP contribution in [0.4, 0.5) is 0 Å². The van der Waals surface area contributed by atoms with E-state index in [1.54, 1.807) is 11.3 Å². The highest BCUT2D eigenvalue weighted by Gasteiger charge is 2.21. The molecule has 2 N–H and O–H groups in total. The van der Waals surface area contributed by atoms with Gasteiger partial charge in [0.05, 0.1) is 11.2 Å². The van der Waals surface area contributed by atoms with Crippen LogP contribution < -0.4 is 5.73 Å². The fourth-order valence-electron chi connectivity index (χ4n) is 1.79. The largest absolute Gasteiger partial charge is 0.330 e. The summed E-state index contributed by atoms with van der Waals surface area (Å²) >= 11 is 1.67. The summed E-state index contributed by atoms with van der Waals surface area (Å²) in [4.78, 5) is 6.71. The Bertz CT molecular complexity index is 247. The van der Waals surface area contributed by atoms with Crippen molar-refractivity contribution in [1.82, 2.24) is 9.88 Å². The van der Waals surface area contributed by atoms with E-state index >= 15 is 0 Å². The SMILES string of the molecule is NCC1CCN(Cc2cscn2)C1. The minimum atomic E-state index is 0.707. The third kappa shape index (κ3) is 2.27. The van der Waals surface area contributed by atoms with Crippen molar-refractivity contribution < 1.29 is 0 Å². The third-order valence-electron chi connectivity index (χ3n) is 2.57. The zero-order chi connectivity index (χ0) is 9.10. The average Bonchev–Trinajstić information content (AvgIpc) is 2.76. The Hall–Kier alpha value is -0.450. The molecule has 0 radical (unpaired) electrons. The second kappa shape index (κ2) is 4.17. The van der Waals surface area contributed by atoms with Gasteiger partial charge in [0.15, 0.2) is 0 Å². The van der Waals surface area contributed by atoms with E-state index in [0.717, 1.165) is 19.6 Å². The molecule has 1 fully saturated rings. The number of thiazole rings is 1. The first-order chi connectivity index (χ1) is 6.38. The molecule has 0 spiro atoms. The number of nitrogens with zero attached hydrogens (tertiary/aromatic N) is 2. The first-order valence-electron chi connectivity index (χ1n) is 4.68. The molecular weight excluding hydrogens is 182 g/mol. The molecule has 1 saturated heterocycles. The van der Waals surface area contributed by atoms with Crippen LogP contribution in [-0.4, -0.2) is 29.5 Å². The molecular formula is C9H15N3S. The molecule has 1 aromatic rings. The van der Waals surface area contributed by atoms with Crippen LogP contribution in [0.1, 0.15) is 12.1 Å². The maximum Gasteiger partial charge on any atom is 0.0795 e. The van der Waals surface area contributed by atoms with Gasteiger partial charge in [0, 0.05) is 18.5 Å². The summed E-state index contributed by atoms with van der Waals surface area (Å²) in [6.45, 7) is 4.15. The third-order valence-corrected chi connectivity index (χ3v) is 3.21. The van der Waals surface area contributed by atoms with Crippen LogP contribution in [0.25, 0.3) is 0 Å². The fourth-order valence-corrected chi connectivity index (χ4v) is 2.34. The molecule has 0 bridgehead atoms. The lowest BCUT2D eigenvalue weighted by Crippen LogP contribution is -2.22. The van der Waals surface area contributed by atoms with Crippen molar-refractivity contribution in [2.75, 3.05) is 19.6 Å². The molecule has 1 unspecified atom stereocenters. The number of nitrogens with two attached hydrogens (primary N) is 1. The van der Waals surface area contributed by atoms with Crippen molar-refractivity contribution in [3.05, 3.63) is 16.6 Å². The topological polar surface area (TPSA) is 42.1 Å². The lowest BCUT2D eigenvalue weighted by atomic mass is 10.1. The van der Waals surface area contributed by atoms with E-state index in [2.05, 4.69) is 15.3 Å². The summed E-state index contributed by atoms with van der Waals surface area (Å²) < 4.78 is 0. The molecule has 2 rings (SSSR count). The van der Waals surface area contributed by atoms with E-state index in [1.807, 2.05) is 5.51 Å². The molecule has 0 aromatic carbocycles. The van der Waals surface area contributed by atoms with Crippen LogP contribution in [-0.2, 0) is 6.54 Å². The quantitative estimate of drug-likeness (QED) is 0.783. The highest BCUT2D eigenvalue weighted by atomic mass is 32.1. The summed E-state index contributed by atoms with van der Waals surface area (Å²) in [6.07, 6.45) is 1.25. The van der Waals surface area contributed by atoms with Gasteiger partial charge in [-0.15, -0.1) is 11.3 Å². The lowest BCUT2D eigenvalue weighted by Gasteiger charge is -2.13. The maximum absolute atomic E-state index is 5.63. The summed E-state index contributed by atoms with van der Waals surface area (Å²) in [5, 5.41) is 2.12. The van der Waals surface area contributed by atoms with E-state index in [0.29, 0.717) is 5.92 Å². The van der Waals surface area contributed by atoms with Gasteiger partial charge in [-0.3, -0.25) is 4.90 Å². The van der Waals surface area contributed by atoms with Crippen LogP contribution in [0.3, 0.4) is 0 Å². The minimum absolute atomic E-state index is 0.707. The Morgan fingerprint density at radius 3 is 3.23 bits per heavy atom. The summed E-state index contributed by atoms with van der Waals surface area (Å²) in [5.41, 5.74) is 8.72. The standard InChI is InChI=1S/C9H15N3S/c10-3-8-1-2-12(4-8)5-9-6-13-7-11-9/h6-8H,1-5,10H2. The van der Waals surface area contributed by atoms with Crippen molar-refractivity contribution in [2.45, 2.75) is 13.0 Å². The molecule has 72 valence electrons. The monoisotopic (exact) mass is 197 g/mol. The van der Waals surface area contributed by atoms with Gasteiger partial charge in [0.2, 0.25) is 0 Å². The second-order valence-corrected chi connectivity index (χ2v) is 4.32. The molecule has 1 aromatic heterocycles. The number of hydrogen-bond donors (Lipinski definition) is 1. The maximum atomic E-state index is 5.63. The normalized spacial score (nSPS) is 23.9. The molecule has 0 aliphatic carbocycles. The van der Waals surface area contributed by atoms with Gasteiger partial charge in [-0.25, -0.2) is 4.98 Å². The van der Waals surface area contributed by atoms with Gasteiger partial charge in [-0.1, -0.05) is 0 Å². The molecule has 1 aliphatic rings. The first kappa shape index (κ1) is 9.12. The summed E-state index contributed by atoms with van der Waals surface area (Å²) in [6, 6.07) is 0. The van der Waals surface area contributed by atoms with E-state index in [9.17, 15) is 0 Å². The molecule has 0 saturated carbocycles. The predicted molar refractivity (Wildman–Crippen MR) is 54.6 cm³/mol. The zero-order valence-corrected chi connectivity index (χ0v) is 8.46. The second-order valence-electron chi connectivity index (χ2n) is 3.61. The Labute approximate surface area is 82.6 Å². The van der Waals surface area contributed by atoms with Crippen molar-refractivity contribution in [2.24, 2.45) is 11.7 Å². The number of rotatable bonds is 3. The summed E-state index contributed by atoms with van der Waals surface area (Å²) in [7, 11) is 0. The molecule has 2 heterocycles. The van der Waals surface area contributed by atoms with Crippen molar-refractivity contribution >= 4 is 11.3 Å². The molecule has 0 amide bonds. The van der Waals surface area contributed by atoms with Gasteiger partial charge >= 0.3 is 0 Å². The molecule has 13 heavy (non-hydrogen) atoms. The Morgan fingerprint density at radius 1 is 1.69 bits per heavy atom. The van der Waals surface area contributed by atoms with Gasteiger partial charge in [0.1, 0.15) is 0 Å². The zero-order valence-electron chi connectivity index (χ0n) is 7.65. The van der Waals surface area contributed by atoms with Crippen molar-refractivity contribution in [1.29, 1.82) is 0 Å². The van der Waals surface area contributed by atoms with Crippen LogP contribution >= 0.6 is 11.3 Å². The lowest BCUT2D eigenvalue weighted by molar-refractivity contribution is 0.314. The highest BCUT2D eigenvalue weighted by molar-refractivity contribution is 7.07. The Balaban J connectivity index is 1.84. The molecule has 1 aliphatic heterocycles. The van der Waals surface area contributed by atoms with Crippen LogP contribution in [0, 0.1) is 5.92 Å². The number of likely N-dealkylation sites (tertiary alicyclic amines) is 1. The Morgan fingerprint density at radius 2 is 2.62 bits per heavy atom. The molecule has 1 atom stereocenters. The van der Waals surface area contributed by atoms with Gasteiger partial charge < -0.3 is 5.73 Å². The number of aromatic nitrogens is 1. The van der Waals surface area contributed by atoms with Crippen LogP contribution in [0.5, 0.6) is 0 Å². The van der Waals surface area contributed by atoms with Gasteiger partial charge in [-0.05, 0) is 25.4 Å². The highest BCUT2D eigenvalue weighted by Crippen LogP contribution is 2.17. The van der Waals surface area contributed by atoms with Crippen LogP contribution in [0.2, 0.25) is 0 Å². The van der Waals surface area contributed by atoms with Crippen molar-refractivity contribution in [3.63, 3.8) is 0 Å². The van der Waals surface area contributed by atoms with E-state index in [-0.39, 0.29) is 0 Å². The molecule has 4 heteroatoms. The van der Waals surface area contributed by atoms with Crippen LogP contribution in [0.15, 0.2) is 10.9 Å². The van der Waals surface area contributed by atoms with E-state index in [1.165, 1.54) is 18.7 Å². The predicted octanol–water partition coefficient (Wildman–Crippen LogP) is 0.924. The minimum Gasteiger partial charge on any atom is -0.330 e. The van der Waals surface area contributed by atoms with Crippen molar-refractivity contribution in [3.8, 4) is 0 Å².